The quantitative estimate of drug-likeness (QED) is 0.368. The van der Waals surface area contributed by atoms with E-state index in [0.29, 0.717) is 17.0 Å². The van der Waals surface area contributed by atoms with Crippen molar-refractivity contribution in [1.82, 2.24) is 5.32 Å². The highest BCUT2D eigenvalue weighted by atomic mass is 32.1. The summed E-state index contributed by atoms with van der Waals surface area (Å²) in [5.41, 5.74) is 0.697. The highest BCUT2D eigenvalue weighted by Crippen LogP contribution is 2.26. The summed E-state index contributed by atoms with van der Waals surface area (Å²) in [4.78, 5) is 37.6. The molecule has 1 saturated heterocycles. The van der Waals surface area contributed by atoms with E-state index in [0.717, 1.165) is 4.90 Å². The van der Waals surface area contributed by atoms with Crippen LogP contribution in [0.5, 0.6) is 0 Å². The van der Waals surface area contributed by atoms with Gasteiger partial charge in [0.2, 0.25) is 0 Å². The van der Waals surface area contributed by atoms with Crippen LogP contribution in [0.1, 0.15) is 16.1 Å². The molecule has 4 rings (SSSR count). The van der Waals surface area contributed by atoms with Crippen LogP contribution in [0.4, 0.5) is 10.1 Å². The molecule has 1 aromatic heterocycles. The molecule has 0 aliphatic carbocycles. The number of halogens is 1. The summed E-state index contributed by atoms with van der Waals surface area (Å²) >= 11 is 5.10. The van der Waals surface area contributed by atoms with Crippen molar-refractivity contribution >= 4 is 46.9 Å². The van der Waals surface area contributed by atoms with E-state index < -0.39 is 23.6 Å². The van der Waals surface area contributed by atoms with Crippen molar-refractivity contribution in [3.05, 3.63) is 83.4 Å². The number of anilines is 1. The van der Waals surface area contributed by atoms with Gasteiger partial charge >= 0.3 is 5.97 Å². The minimum absolute atomic E-state index is 0.0964. The molecule has 9 heteroatoms. The first kappa shape index (κ1) is 20.2. The van der Waals surface area contributed by atoms with E-state index >= 15 is 0 Å². The van der Waals surface area contributed by atoms with Crippen LogP contribution >= 0.6 is 12.2 Å². The fourth-order valence-electron chi connectivity index (χ4n) is 3.02. The van der Waals surface area contributed by atoms with Crippen LogP contribution in [0.3, 0.4) is 0 Å². The molecule has 0 bridgehead atoms. The van der Waals surface area contributed by atoms with Crippen LogP contribution in [-0.2, 0) is 9.59 Å². The number of thiocarbonyl (C=S) groups is 1. The zero-order chi connectivity index (χ0) is 22.1. The second-order valence-corrected chi connectivity index (χ2v) is 6.91. The molecular weight excluding hydrogens is 423 g/mol. The van der Waals surface area contributed by atoms with E-state index in [-0.39, 0.29) is 22.0 Å². The molecule has 1 fully saturated rings. The summed E-state index contributed by atoms with van der Waals surface area (Å²) in [6.45, 7) is 0. The Morgan fingerprint density at radius 2 is 1.84 bits per heavy atom. The molecule has 1 aliphatic heterocycles. The molecule has 0 unspecified atom stereocenters. The second kappa shape index (κ2) is 7.96. The second-order valence-electron chi connectivity index (χ2n) is 6.52. The SMILES string of the molecule is O=C1NC(=S)N(c2ccc(F)cc2)C(=O)/C1=C/c1ccc(-c2cccc(C(=O)O)c2)o1. The number of rotatable bonds is 4. The summed E-state index contributed by atoms with van der Waals surface area (Å²) in [6.07, 6.45) is 1.26. The first-order chi connectivity index (χ1) is 14.8. The van der Waals surface area contributed by atoms with Gasteiger partial charge in [-0.1, -0.05) is 12.1 Å². The third kappa shape index (κ3) is 3.99. The van der Waals surface area contributed by atoms with E-state index in [9.17, 15) is 18.8 Å². The van der Waals surface area contributed by atoms with Crippen molar-refractivity contribution < 1.29 is 28.3 Å². The monoisotopic (exact) mass is 436 g/mol. The van der Waals surface area contributed by atoms with Crippen molar-refractivity contribution in [3.63, 3.8) is 0 Å². The largest absolute Gasteiger partial charge is 0.478 e. The number of carbonyl (C=O) groups is 3. The lowest BCUT2D eigenvalue weighted by molar-refractivity contribution is -0.122. The van der Waals surface area contributed by atoms with Crippen LogP contribution < -0.4 is 10.2 Å². The highest BCUT2D eigenvalue weighted by Gasteiger charge is 2.34. The Morgan fingerprint density at radius 3 is 2.55 bits per heavy atom. The molecule has 7 nitrogen and oxygen atoms in total. The molecular formula is C22H13FN2O5S. The average Bonchev–Trinajstić information content (AvgIpc) is 3.21. The molecule has 154 valence electrons. The van der Waals surface area contributed by atoms with E-state index in [1.54, 1.807) is 24.3 Å². The molecule has 0 atom stereocenters. The van der Waals surface area contributed by atoms with Crippen molar-refractivity contribution in [1.29, 1.82) is 0 Å². The molecule has 0 saturated carbocycles. The number of amides is 2. The fraction of sp³-hybridized carbons (Fsp3) is 0. The van der Waals surface area contributed by atoms with Crippen molar-refractivity contribution in [2.75, 3.05) is 4.90 Å². The number of carbonyl (C=O) groups excluding carboxylic acids is 2. The predicted octanol–water partition coefficient (Wildman–Crippen LogP) is 3.62. The van der Waals surface area contributed by atoms with Gasteiger partial charge in [0.1, 0.15) is 22.9 Å². The Morgan fingerprint density at radius 1 is 1.10 bits per heavy atom. The van der Waals surface area contributed by atoms with E-state index in [4.69, 9.17) is 21.7 Å². The Balaban J connectivity index is 1.66. The van der Waals surface area contributed by atoms with Crippen molar-refractivity contribution in [2.24, 2.45) is 0 Å². The lowest BCUT2D eigenvalue weighted by atomic mass is 10.1. The normalized spacial score (nSPS) is 15.3. The minimum Gasteiger partial charge on any atom is -0.478 e. The summed E-state index contributed by atoms with van der Waals surface area (Å²) < 4.78 is 18.9. The Labute approximate surface area is 180 Å². The van der Waals surface area contributed by atoms with Crippen LogP contribution in [-0.4, -0.2) is 28.0 Å². The summed E-state index contributed by atoms with van der Waals surface area (Å²) in [5.74, 6) is -2.36. The number of nitrogens with one attached hydrogen (secondary N) is 1. The van der Waals surface area contributed by atoms with Crippen LogP contribution in [0, 0.1) is 5.82 Å². The summed E-state index contributed by atoms with van der Waals surface area (Å²) in [6, 6.07) is 14.4. The zero-order valence-corrected chi connectivity index (χ0v) is 16.5. The van der Waals surface area contributed by atoms with Crippen molar-refractivity contribution in [3.8, 4) is 11.3 Å². The number of carboxylic acids is 1. The maximum atomic E-state index is 13.2. The van der Waals surface area contributed by atoms with E-state index in [2.05, 4.69) is 5.32 Å². The number of carboxylic acid groups (broad SMARTS) is 1. The van der Waals surface area contributed by atoms with Gasteiger partial charge < -0.3 is 9.52 Å². The molecule has 1 aliphatic rings. The van der Waals surface area contributed by atoms with Gasteiger partial charge in [-0.25, -0.2) is 9.18 Å². The summed E-state index contributed by atoms with van der Waals surface area (Å²) in [7, 11) is 0. The number of nitrogens with zero attached hydrogens (tertiary/aromatic N) is 1. The number of furan rings is 1. The maximum absolute atomic E-state index is 13.2. The highest BCUT2D eigenvalue weighted by molar-refractivity contribution is 7.80. The fourth-order valence-corrected chi connectivity index (χ4v) is 3.30. The standard InChI is InChI=1S/C22H13FN2O5S/c23-14-4-6-15(7-5-14)25-20(27)17(19(26)24-22(25)31)11-16-8-9-18(30-16)12-2-1-3-13(10-12)21(28)29/h1-11H,(H,28,29)(H,24,26,31)/b17-11+. The minimum atomic E-state index is -1.07. The first-order valence-corrected chi connectivity index (χ1v) is 9.35. The van der Waals surface area contributed by atoms with Gasteiger partial charge in [-0.05, 0) is 66.8 Å². The lowest BCUT2D eigenvalue weighted by Crippen LogP contribution is -2.54. The zero-order valence-electron chi connectivity index (χ0n) is 15.7. The third-order valence-electron chi connectivity index (χ3n) is 4.49. The Bertz CT molecular complexity index is 1260. The molecule has 2 aromatic carbocycles. The topological polar surface area (TPSA) is 99.9 Å². The molecule has 31 heavy (non-hydrogen) atoms. The number of hydrogen-bond acceptors (Lipinski definition) is 5. The predicted molar refractivity (Wildman–Crippen MR) is 114 cm³/mol. The van der Waals surface area contributed by atoms with Crippen LogP contribution in [0.15, 0.2) is 70.7 Å². The molecule has 0 spiro atoms. The van der Waals surface area contributed by atoms with Gasteiger partial charge in [-0.2, -0.15) is 0 Å². The lowest BCUT2D eigenvalue weighted by Gasteiger charge is -2.28. The summed E-state index contributed by atoms with van der Waals surface area (Å²) in [5, 5.41) is 11.4. The smallest absolute Gasteiger partial charge is 0.335 e. The third-order valence-corrected chi connectivity index (χ3v) is 4.78. The van der Waals surface area contributed by atoms with Gasteiger partial charge in [0.05, 0.1) is 11.3 Å². The van der Waals surface area contributed by atoms with Crippen molar-refractivity contribution in [2.45, 2.75) is 0 Å². The van der Waals surface area contributed by atoms with Gasteiger partial charge in [0.25, 0.3) is 11.8 Å². The molecule has 2 heterocycles. The van der Waals surface area contributed by atoms with Crippen LogP contribution in [0.2, 0.25) is 0 Å². The van der Waals surface area contributed by atoms with E-state index in [1.807, 2.05) is 0 Å². The Hall–Kier alpha value is -4.11. The van der Waals surface area contributed by atoms with Crippen LogP contribution in [0.25, 0.3) is 17.4 Å². The Kier molecular flexibility index (Phi) is 5.18. The first-order valence-electron chi connectivity index (χ1n) is 8.94. The molecule has 2 amide bonds. The number of benzene rings is 2. The molecule has 0 radical (unpaired) electrons. The molecule has 2 N–H and O–H groups in total. The van der Waals surface area contributed by atoms with Gasteiger partial charge in [0, 0.05) is 5.56 Å². The van der Waals surface area contributed by atoms with Gasteiger partial charge in [-0.3, -0.25) is 19.8 Å². The molecule has 3 aromatic rings. The van der Waals surface area contributed by atoms with Gasteiger partial charge in [0.15, 0.2) is 5.11 Å². The van der Waals surface area contributed by atoms with E-state index in [1.165, 1.54) is 42.5 Å². The van der Waals surface area contributed by atoms with Gasteiger partial charge in [-0.15, -0.1) is 0 Å². The number of hydrogen-bond donors (Lipinski definition) is 2. The maximum Gasteiger partial charge on any atom is 0.335 e. The number of aromatic carboxylic acids is 1. The average molecular weight is 436 g/mol.